The Morgan fingerprint density at radius 1 is 0.281 bits per heavy atom. The van der Waals surface area contributed by atoms with Crippen LogP contribution < -0.4 is 0 Å². The first-order chi connectivity index (χ1) is 28.0. The van der Waals surface area contributed by atoms with Crippen LogP contribution in [0.2, 0.25) is 0 Å². The molecule has 0 heteroatoms. The van der Waals surface area contributed by atoms with Crippen molar-refractivity contribution in [2.75, 3.05) is 0 Å². The Hall–Kier alpha value is -7.02. The van der Waals surface area contributed by atoms with E-state index in [0.717, 1.165) is 0 Å². The SMILES string of the molecule is CC1(C)c2cc3cc(-c4c5ccccc5c(-c5ccc(-c6cccc7ccccc67)cc5)c5ccccc45)ccc3cc2-c2c1c1ccccc1c1ccccc21. The van der Waals surface area contributed by atoms with Crippen molar-refractivity contribution in [3.8, 4) is 44.5 Å². The summed E-state index contributed by atoms with van der Waals surface area (Å²) in [6.45, 7) is 4.84. The molecule has 0 N–H and O–H groups in total. The summed E-state index contributed by atoms with van der Waals surface area (Å²) in [5.74, 6) is 0. The molecule has 0 aromatic heterocycles. The lowest BCUT2D eigenvalue weighted by Gasteiger charge is -2.24. The summed E-state index contributed by atoms with van der Waals surface area (Å²) in [6.07, 6.45) is 0. The maximum absolute atomic E-state index is 2.49. The van der Waals surface area contributed by atoms with Crippen LogP contribution in [-0.2, 0) is 5.41 Å². The van der Waals surface area contributed by atoms with Crippen molar-refractivity contribution in [2.45, 2.75) is 19.3 Å². The minimum Gasteiger partial charge on any atom is -0.0616 e. The smallest absolute Gasteiger partial charge is 0.0165 e. The lowest BCUT2D eigenvalue weighted by Crippen LogP contribution is -2.15. The molecule has 0 amide bonds. The number of hydrogen-bond acceptors (Lipinski definition) is 0. The predicted molar refractivity (Wildman–Crippen MR) is 245 cm³/mol. The second-order valence-electron chi connectivity index (χ2n) is 16.4. The number of fused-ring (bicyclic) bond motifs is 12. The minimum atomic E-state index is -0.150. The Balaban J connectivity index is 1.04. The molecular formula is C57H38. The summed E-state index contributed by atoms with van der Waals surface area (Å²) < 4.78 is 0. The lowest BCUT2D eigenvalue weighted by atomic mass is 9.79. The zero-order valence-electron chi connectivity index (χ0n) is 32.0. The summed E-state index contributed by atoms with van der Waals surface area (Å²) in [7, 11) is 0. The second-order valence-corrected chi connectivity index (χ2v) is 16.4. The third kappa shape index (κ3) is 4.62. The Morgan fingerprint density at radius 2 is 0.754 bits per heavy atom. The molecule has 0 aliphatic heterocycles. The van der Waals surface area contributed by atoms with E-state index in [1.807, 2.05) is 0 Å². The van der Waals surface area contributed by atoms with Gasteiger partial charge in [-0.05, 0) is 138 Å². The van der Waals surface area contributed by atoms with Crippen molar-refractivity contribution < 1.29 is 0 Å². The number of hydrogen-bond donors (Lipinski definition) is 0. The van der Waals surface area contributed by atoms with Crippen molar-refractivity contribution in [3.05, 3.63) is 205 Å². The third-order valence-electron chi connectivity index (χ3n) is 13.0. The molecule has 1 aliphatic carbocycles. The van der Waals surface area contributed by atoms with Gasteiger partial charge in [0.25, 0.3) is 0 Å². The molecule has 0 heterocycles. The van der Waals surface area contributed by atoms with Crippen LogP contribution in [0.3, 0.4) is 0 Å². The number of benzene rings is 11. The molecule has 12 rings (SSSR count). The Bertz CT molecular complexity index is 3410. The van der Waals surface area contributed by atoms with Gasteiger partial charge in [0.15, 0.2) is 0 Å². The van der Waals surface area contributed by atoms with Gasteiger partial charge in [0.05, 0.1) is 0 Å². The van der Waals surface area contributed by atoms with Gasteiger partial charge in [-0.15, -0.1) is 0 Å². The van der Waals surface area contributed by atoms with Gasteiger partial charge < -0.3 is 0 Å². The summed E-state index contributed by atoms with van der Waals surface area (Å²) in [5, 5.41) is 15.6. The maximum Gasteiger partial charge on any atom is 0.0165 e. The van der Waals surface area contributed by atoms with Crippen LogP contribution in [0.25, 0.3) is 109 Å². The van der Waals surface area contributed by atoms with Gasteiger partial charge >= 0.3 is 0 Å². The van der Waals surface area contributed by atoms with E-state index in [-0.39, 0.29) is 5.41 Å². The molecule has 0 spiro atoms. The minimum absolute atomic E-state index is 0.150. The molecule has 0 unspecified atom stereocenters. The molecule has 11 aromatic rings. The molecule has 57 heavy (non-hydrogen) atoms. The second kappa shape index (κ2) is 12.0. The van der Waals surface area contributed by atoms with E-state index in [4.69, 9.17) is 0 Å². The van der Waals surface area contributed by atoms with Crippen LogP contribution in [0, 0.1) is 0 Å². The van der Waals surface area contributed by atoms with E-state index < -0.39 is 0 Å². The highest BCUT2D eigenvalue weighted by atomic mass is 14.4. The molecule has 0 nitrogen and oxygen atoms in total. The summed E-state index contributed by atoms with van der Waals surface area (Å²) in [5.41, 5.74) is 13.0. The highest BCUT2D eigenvalue weighted by molar-refractivity contribution is 6.22. The average Bonchev–Trinajstić information content (AvgIpc) is 3.50. The fourth-order valence-electron chi connectivity index (χ4n) is 10.4. The van der Waals surface area contributed by atoms with Crippen LogP contribution >= 0.6 is 0 Å². The van der Waals surface area contributed by atoms with Crippen LogP contribution in [0.4, 0.5) is 0 Å². The van der Waals surface area contributed by atoms with Gasteiger partial charge in [-0.3, -0.25) is 0 Å². The van der Waals surface area contributed by atoms with Crippen molar-refractivity contribution in [2.24, 2.45) is 0 Å². The molecule has 0 saturated carbocycles. The molecule has 0 saturated heterocycles. The molecule has 266 valence electrons. The van der Waals surface area contributed by atoms with Gasteiger partial charge in [-0.25, -0.2) is 0 Å². The third-order valence-corrected chi connectivity index (χ3v) is 13.0. The zero-order valence-corrected chi connectivity index (χ0v) is 32.0. The van der Waals surface area contributed by atoms with Gasteiger partial charge in [-0.1, -0.05) is 190 Å². The van der Waals surface area contributed by atoms with Crippen LogP contribution in [-0.4, -0.2) is 0 Å². The van der Waals surface area contributed by atoms with Crippen LogP contribution in [0.1, 0.15) is 25.0 Å². The van der Waals surface area contributed by atoms with Gasteiger partial charge in [0.2, 0.25) is 0 Å². The average molecular weight is 723 g/mol. The molecule has 0 fully saturated rings. The summed E-state index contributed by atoms with van der Waals surface area (Å²) >= 11 is 0. The summed E-state index contributed by atoms with van der Waals surface area (Å²) in [6, 6.07) is 72.5. The van der Waals surface area contributed by atoms with E-state index in [2.05, 4.69) is 208 Å². The van der Waals surface area contributed by atoms with Gasteiger partial charge in [-0.2, -0.15) is 0 Å². The fraction of sp³-hybridized carbons (Fsp3) is 0.0526. The Kier molecular flexibility index (Phi) is 6.78. The molecule has 11 aromatic carbocycles. The van der Waals surface area contributed by atoms with E-state index >= 15 is 0 Å². The van der Waals surface area contributed by atoms with Crippen molar-refractivity contribution in [1.82, 2.24) is 0 Å². The summed E-state index contributed by atoms with van der Waals surface area (Å²) in [4.78, 5) is 0. The van der Waals surface area contributed by atoms with Crippen molar-refractivity contribution >= 4 is 64.6 Å². The zero-order chi connectivity index (χ0) is 37.8. The molecular weight excluding hydrogens is 685 g/mol. The van der Waals surface area contributed by atoms with Crippen LogP contribution in [0.5, 0.6) is 0 Å². The van der Waals surface area contributed by atoms with E-state index in [1.54, 1.807) is 0 Å². The first-order valence-electron chi connectivity index (χ1n) is 20.1. The first-order valence-corrected chi connectivity index (χ1v) is 20.1. The van der Waals surface area contributed by atoms with Crippen molar-refractivity contribution in [3.63, 3.8) is 0 Å². The lowest BCUT2D eigenvalue weighted by molar-refractivity contribution is 0.667. The molecule has 0 radical (unpaired) electrons. The van der Waals surface area contributed by atoms with Gasteiger partial charge in [0.1, 0.15) is 0 Å². The predicted octanol–water partition coefficient (Wildman–Crippen LogP) is 15.9. The highest BCUT2D eigenvalue weighted by Gasteiger charge is 2.38. The number of rotatable bonds is 3. The van der Waals surface area contributed by atoms with E-state index in [9.17, 15) is 0 Å². The Morgan fingerprint density at radius 3 is 1.40 bits per heavy atom. The molecule has 0 bridgehead atoms. The largest absolute Gasteiger partial charge is 0.0616 e. The quantitative estimate of drug-likeness (QED) is 0.126. The normalized spacial score (nSPS) is 13.2. The molecule has 1 aliphatic rings. The van der Waals surface area contributed by atoms with Crippen LogP contribution in [0.15, 0.2) is 194 Å². The first kappa shape index (κ1) is 32.2. The van der Waals surface area contributed by atoms with E-state index in [0.29, 0.717) is 0 Å². The van der Waals surface area contributed by atoms with Gasteiger partial charge in [0, 0.05) is 5.41 Å². The topological polar surface area (TPSA) is 0 Å². The standard InChI is InChI=1S/C57H38/c1-57(2)52-34-40-32-39(31-30-38(40)33-51(52)55-45-19-7-5-17-43(45)44-18-6-12-24-50(44)56(55)57)54-48-22-10-8-20-46(48)53(47-21-9-11-23-49(47)54)37-28-26-36(27-29-37)42-25-13-15-35-14-3-4-16-41(35)42/h3-34H,1-2H3. The highest BCUT2D eigenvalue weighted by Crippen LogP contribution is 2.55. The fourth-order valence-corrected chi connectivity index (χ4v) is 10.4. The van der Waals surface area contributed by atoms with E-state index in [1.165, 1.54) is 120 Å². The van der Waals surface area contributed by atoms with Crippen molar-refractivity contribution in [1.29, 1.82) is 0 Å². The monoisotopic (exact) mass is 722 g/mol. The maximum atomic E-state index is 2.49. The molecule has 0 atom stereocenters. The Labute approximate surface area is 332 Å².